The van der Waals surface area contributed by atoms with Gasteiger partial charge in [0, 0.05) is 25.6 Å². The average Bonchev–Trinajstić information content (AvgIpc) is 2.89. The van der Waals surface area contributed by atoms with Gasteiger partial charge >= 0.3 is 12.0 Å². The molecule has 0 spiro atoms. The van der Waals surface area contributed by atoms with Gasteiger partial charge < -0.3 is 20.1 Å². The number of nitrogens with one attached hydrogen (secondary N) is 1. The van der Waals surface area contributed by atoms with Crippen LogP contribution in [-0.2, 0) is 9.53 Å². The van der Waals surface area contributed by atoms with Crippen LogP contribution in [0.3, 0.4) is 0 Å². The summed E-state index contributed by atoms with van der Waals surface area (Å²) in [5, 5.41) is 12.2. The van der Waals surface area contributed by atoms with Crippen LogP contribution in [0.15, 0.2) is 0 Å². The summed E-state index contributed by atoms with van der Waals surface area (Å²) in [5.74, 6) is -0.573. The summed E-state index contributed by atoms with van der Waals surface area (Å²) in [5.41, 5.74) is -1.07. The van der Waals surface area contributed by atoms with E-state index in [-0.39, 0.29) is 6.03 Å². The van der Waals surface area contributed by atoms with Crippen molar-refractivity contribution in [2.24, 2.45) is 5.92 Å². The first-order chi connectivity index (χ1) is 9.04. The third-order valence-corrected chi connectivity index (χ3v) is 4.16. The van der Waals surface area contributed by atoms with Gasteiger partial charge in [-0.1, -0.05) is 0 Å². The number of nitrogens with zero attached hydrogens (tertiary/aromatic N) is 1. The summed E-state index contributed by atoms with van der Waals surface area (Å²) in [6.07, 6.45) is 3.19. The first-order valence-electron chi connectivity index (χ1n) is 6.90. The monoisotopic (exact) mass is 270 g/mol. The van der Waals surface area contributed by atoms with Gasteiger partial charge in [0.05, 0.1) is 6.61 Å². The van der Waals surface area contributed by atoms with Crippen molar-refractivity contribution in [1.29, 1.82) is 0 Å². The molecule has 6 nitrogen and oxygen atoms in total. The lowest BCUT2D eigenvalue weighted by molar-refractivity contribution is -0.150. The van der Waals surface area contributed by atoms with Crippen molar-refractivity contribution < 1.29 is 19.4 Å². The van der Waals surface area contributed by atoms with Crippen LogP contribution in [0.4, 0.5) is 4.79 Å². The molecule has 0 radical (unpaired) electrons. The second-order valence-electron chi connectivity index (χ2n) is 5.60. The number of hydrogen-bond acceptors (Lipinski definition) is 3. The van der Waals surface area contributed by atoms with Crippen LogP contribution >= 0.6 is 0 Å². The number of likely N-dealkylation sites (tertiary alicyclic amines) is 1. The molecule has 2 saturated heterocycles. The van der Waals surface area contributed by atoms with Crippen molar-refractivity contribution in [3.63, 3.8) is 0 Å². The Balaban J connectivity index is 1.93. The first-order valence-corrected chi connectivity index (χ1v) is 6.90. The van der Waals surface area contributed by atoms with E-state index in [4.69, 9.17) is 4.74 Å². The molecule has 2 N–H and O–H groups in total. The third-order valence-electron chi connectivity index (χ3n) is 4.16. The van der Waals surface area contributed by atoms with Crippen molar-refractivity contribution in [2.45, 2.75) is 38.1 Å². The number of amides is 2. The maximum atomic E-state index is 12.2. The summed E-state index contributed by atoms with van der Waals surface area (Å²) in [7, 11) is 0. The smallest absolute Gasteiger partial charge is 0.329 e. The number of piperidine rings is 1. The lowest BCUT2D eigenvalue weighted by Crippen LogP contribution is -2.60. The van der Waals surface area contributed by atoms with Gasteiger partial charge in [-0.2, -0.15) is 0 Å². The van der Waals surface area contributed by atoms with Crippen molar-refractivity contribution in [1.82, 2.24) is 10.2 Å². The zero-order valence-electron chi connectivity index (χ0n) is 11.4. The van der Waals surface area contributed by atoms with Crippen LogP contribution < -0.4 is 5.32 Å². The largest absolute Gasteiger partial charge is 0.480 e. The van der Waals surface area contributed by atoms with Crippen LogP contribution in [0, 0.1) is 5.92 Å². The molecule has 0 aromatic heterocycles. The molecule has 2 atom stereocenters. The summed E-state index contributed by atoms with van der Waals surface area (Å²) in [6.45, 7) is 4.13. The van der Waals surface area contributed by atoms with Crippen molar-refractivity contribution >= 4 is 12.0 Å². The Morgan fingerprint density at radius 1 is 1.47 bits per heavy atom. The summed E-state index contributed by atoms with van der Waals surface area (Å²) < 4.78 is 5.26. The zero-order chi connectivity index (χ0) is 13.9. The van der Waals surface area contributed by atoms with E-state index in [1.807, 2.05) is 0 Å². The number of carboxylic acids is 1. The number of carbonyl (C=O) groups is 2. The zero-order valence-corrected chi connectivity index (χ0v) is 11.4. The van der Waals surface area contributed by atoms with E-state index in [2.05, 4.69) is 5.32 Å². The molecule has 2 rings (SSSR count). The Morgan fingerprint density at radius 3 is 2.89 bits per heavy atom. The predicted octanol–water partition coefficient (Wildman–Crippen LogP) is 1.06. The molecule has 0 aliphatic carbocycles. The van der Waals surface area contributed by atoms with Crippen LogP contribution in [0.25, 0.3) is 0 Å². The standard InChI is InChI=1S/C13H22N2O4/c1-13(11(16)17)5-2-3-6-15(13)12(18)14-8-10-4-7-19-9-10/h10H,2-9H2,1H3,(H,14,18)(H,16,17). The minimum Gasteiger partial charge on any atom is -0.480 e. The maximum Gasteiger partial charge on any atom is 0.329 e. The highest BCUT2D eigenvalue weighted by atomic mass is 16.5. The number of ether oxygens (including phenoxy) is 1. The Labute approximate surface area is 113 Å². The number of urea groups is 1. The van der Waals surface area contributed by atoms with Crippen LogP contribution in [0.2, 0.25) is 0 Å². The molecular weight excluding hydrogens is 248 g/mol. The SMILES string of the molecule is CC1(C(=O)O)CCCCN1C(=O)NCC1CCOC1. The van der Waals surface area contributed by atoms with Gasteiger partial charge in [0.25, 0.3) is 0 Å². The lowest BCUT2D eigenvalue weighted by atomic mass is 9.89. The Kier molecular flexibility index (Phi) is 4.29. The van der Waals surface area contributed by atoms with E-state index in [0.717, 1.165) is 25.9 Å². The number of carboxylic acid groups (broad SMARTS) is 1. The van der Waals surface area contributed by atoms with Crippen LogP contribution in [-0.4, -0.2) is 53.8 Å². The van der Waals surface area contributed by atoms with E-state index in [1.54, 1.807) is 6.92 Å². The molecule has 6 heteroatoms. The Morgan fingerprint density at radius 2 is 2.26 bits per heavy atom. The third kappa shape index (κ3) is 3.00. The second-order valence-corrected chi connectivity index (χ2v) is 5.60. The topological polar surface area (TPSA) is 78.9 Å². The van der Waals surface area contributed by atoms with E-state index in [9.17, 15) is 14.7 Å². The molecule has 108 valence electrons. The fourth-order valence-electron chi connectivity index (χ4n) is 2.74. The molecule has 2 heterocycles. The van der Waals surface area contributed by atoms with Gasteiger partial charge in [0.1, 0.15) is 5.54 Å². The van der Waals surface area contributed by atoms with Crippen molar-refractivity contribution in [2.75, 3.05) is 26.3 Å². The quantitative estimate of drug-likeness (QED) is 0.803. The Bertz CT molecular complexity index is 355. The minimum atomic E-state index is -1.07. The molecule has 2 fully saturated rings. The lowest BCUT2D eigenvalue weighted by Gasteiger charge is -2.41. The van der Waals surface area contributed by atoms with Gasteiger partial charge in [-0.3, -0.25) is 0 Å². The molecular formula is C13H22N2O4. The highest BCUT2D eigenvalue weighted by molar-refractivity contribution is 5.86. The number of carbonyl (C=O) groups excluding carboxylic acids is 1. The summed E-state index contributed by atoms with van der Waals surface area (Å²) in [6, 6.07) is -0.267. The van der Waals surface area contributed by atoms with Crippen LogP contribution in [0.5, 0.6) is 0 Å². The number of aliphatic carboxylic acids is 1. The van der Waals surface area contributed by atoms with Gasteiger partial charge in [-0.25, -0.2) is 9.59 Å². The van der Waals surface area contributed by atoms with Gasteiger partial charge in [-0.05, 0) is 32.6 Å². The maximum absolute atomic E-state index is 12.2. The molecule has 19 heavy (non-hydrogen) atoms. The normalized spacial score (nSPS) is 31.2. The molecule has 2 unspecified atom stereocenters. The summed E-state index contributed by atoms with van der Waals surface area (Å²) >= 11 is 0. The minimum absolute atomic E-state index is 0.267. The summed E-state index contributed by atoms with van der Waals surface area (Å²) in [4.78, 5) is 25.1. The fourth-order valence-corrected chi connectivity index (χ4v) is 2.74. The highest BCUT2D eigenvalue weighted by Crippen LogP contribution is 2.28. The van der Waals surface area contributed by atoms with Crippen molar-refractivity contribution in [3.05, 3.63) is 0 Å². The first kappa shape index (κ1) is 14.1. The van der Waals surface area contributed by atoms with E-state index < -0.39 is 11.5 Å². The second kappa shape index (κ2) is 5.77. The molecule has 0 aromatic rings. The molecule has 0 saturated carbocycles. The van der Waals surface area contributed by atoms with Gasteiger partial charge in [-0.15, -0.1) is 0 Å². The number of hydrogen-bond donors (Lipinski definition) is 2. The van der Waals surface area contributed by atoms with Crippen molar-refractivity contribution in [3.8, 4) is 0 Å². The molecule has 0 aromatic carbocycles. The fraction of sp³-hybridized carbons (Fsp3) is 0.846. The van der Waals surface area contributed by atoms with E-state index >= 15 is 0 Å². The van der Waals surface area contributed by atoms with E-state index in [1.165, 1.54) is 4.90 Å². The number of rotatable bonds is 3. The Hall–Kier alpha value is -1.30. The molecule has 2 aliphatic heterocycles. The predicted molar refractivity (Wildman–Crippen MR) is 68.9 cm³/mol. The van der Waals surface area contributed by atoms with E-state index in [0.29, 0.717) is 32.0 Å². The van der Waals surface area contributed by atoms with Gasteiger partial charge in [0.2, 0.25) is 0 Å². The molecule has 2 amide bonds. The van der Waals surface area contributed by atoms with Crippen LogP contribution in [0.1, 0.15) is 32.6 Å². The molecule has 0 bridgehead atoms. The average molecular weight is 270 g/mol. The highest BCUT2D eigenvalue weighted by Gasteiger charge is 2.43. The molecule has 2 aliphatic rings. The van der Waals surface area contributed by atoms with Gasteiger partial charge in [0.15, 0.2) is 0 Å².